The molecule has 0 radical (unpaired) electrons. The fourth-order valence-corrected chi connectivity index (χ4v) is 3.18. The van der Waals surface area contributed by atoms with E-state index < -0.39 is 0 Å². The molecule has 1 aromatic heterocycles. The van der Waals surface area contributed by atoms with Crippen LogP contribution in [0.5, 0.6) is 0 Å². The van der Waals surface area contributed by atoms with Crippen LogP contribution >= 0.6 is 0 Å². The standard InChI is InChI=1S/C18H24N4O2/c1-14(23)15-6-9-21(10-7-15)18(24)20-12-16-4-2-3-5-17(16)22-11-8-19-13-22/h2-5,8,11,13-15,23H,6-7,9-10,12H2,1H3,(H,20,24). The van der Waals surface area contributed by atoms with Crippen molar-refractivity contribution < 1.29 is 9.90 Å². The lowest BCUT2D eigenvalue weighted by molar-refractivity contribution is 0.0798. The molecule has 24 heavy (non-hydrogen) atoms. The van der Waals surface area contributed by atoms with Gasteiger partial charge in [-0.3, -0.25) is 0 Å². The summed E-state index contributed by atoms with van der Waals surface area (Å²) in [6, 6.07) is 7.92. The highest BCUT2D eigenvalue weighted by Gasteiger charge is 2.25. The van der Waals surface area contributed by atoms with Crippen LogP contribution in [-0.4, -0.2) is 44.8 Å². The van der Waals surface area contributed by atoms with Gasteiger partial charge in [-0.05, 0) is 37.3 Å². The largest absolute Gasteiger partial charge is 0.393 e. The van der Waals surface area contributed by atoms with Gasteiger partial charge in [0.25, 0.3) is 0 Å². The summed E-state index contributed by atoms with van der Waals surface area (Å²) in [6.45, 7) is 3.70. The normalized spacial score (nSPS) is 16.8. The summed E-state index contributed by atoms with van der Waals surface area (Å²) < 4.78 is 1.94. The molecule has 1 fully saturated rings. The highest BCUT2D eigenvalue weighted by Crippen LogP contribution is 2.20. The number of carbonyl (C=O) groups is 1. The van der Waals surface area contributed by atoms with Crippen LogP contribution < -0.4 is 5.32 Å². The highest BCUT2D eigenvalue weighted by atomic mass is 16.3. The van der Waals surface area contributed by atoms with E-state index in [0.29, 0.717) is 25.6 Å². The van der Waals surface area contributed by atoms with Crippen molar-refractivity contribution in [3.05, 3.63) is 48.5 Å². The molecule has 2 aromatic rings. The quantitative estimate of drug-likeness (QED) is 0.904. The second-order valence-corrected chi connectivity index (χ2v) is 6.32. The molecule has 0 bridgehead atoms. The highest BCUT2D eigenvalue weighted by molar-refractivity contribution is 5.74. The maximum Gasteiger partial charge on any atom is 0.317 e. The van der Waals surface area contributed by atoms with Gasteiger partial charge in [0.15, 0.2) is 0 Å². The van der Waals surface area contributed by atoms with Gasteiger partial charge < -0.3 is 19.9 Å². The molecule has 1 atom stereocenters. The lowest BCUT2D eigenvalue weighted by atomic mass is 9.92. The Balaban J connectivity index is 1.58. The molecule has 1 saturated heterocycles. The molecule has 1 aliphatic heterocycles. The van der Waals surface area contributed by atoms with Crippen molar-refractivity contribution in [2.24, 2.45) is 5.92 Å². The van der Waals surface area contributed by atoms with E-state index in [1.807, 2.05) is 46.9 Å². The van der Waals surface area contributed by atoms with Gasteiger partial charge in [-0.2, -0.15) is 0 Å². The van der Waals surface area contributed by atoms with Crippen molar-refractivity contribution >= 4 is 6.03 Å². The summed E-state index contributed by atoms with van der Waals surface area (Å²) >= 11 is 0. The number of rotatable bonds is 4. The predicted octanol–water partition coefficient (Wildman–Crippen LogP) is 2.17. The van der Waals surface area contributed by atoms with Crippen molar-refractivity contribution in [1.29, 1.82) is 0 Å². The van der Waals surface area contributed by atoms with Crippen LogP contribution in [0.25, 0.3) is 5.69 Å². The Morgan fingerprint density at radius 2 is 2.12 bits per heavy atom. The van der Waals surface area contributed by atoms with Crippen LogP contribution in [0.2, 0.25) is 0 Å². The maximum absolute atomic E-state index is 12.4. The first-order valence-electron chi connectivity index (χ1n) is 8.42. The monoisotopic (exact) mass is 328 g/mol. The predicted molar refractivity (Wildman–Crippen MR) is 91.8 cm³/mol. The van der Waals surface area contributed by atoms with Crippen LogP contribution in [0.3, 0.4) is 0 Å². The lowest BCUT2D eigenvalue weighted by Gasteiger charge is -2.33. The summed E-state index contributed by atoms with van der Waals surface area (Å²) in [5, 5.41) is 12.7. The van der Waals surface area contributed by atoms with E-state index in [9.17, 15) is 9.90 Å². The van der Waals surface area contributed by atoms with Crippen molar-refractivity contribution in [2.45, 2.75) is 32.4 Å². The van der Waals surface area contributed by atoms with Crippen LogP contribution in [0.4, 0.5) is 4.79 Å². The van der Waals surface area contributed by atoms with E-state index >= 15 is 0 Å². The lowest BCUT2D eigenvalue weighted by Crippen LogP contribution is -2.45. The van der Waals surface area contributed by atoms with Crippen LogP contribution in [0.1, 0.15) is 25.3 Å². The summed E-state index contributed by atoms with van der Waals surface area (Å²) in [5.41, 5.74) is 2.06. The molecule has 0 spiro atoms. The number of aromatic nitrogens is 2. The number of nitrogens with one attached hydrogen (secondary N) is 1. The number of hydrogen-bond donors (Lipinski definition) is 2. The number of likely N-dealkylation sites (tertiary alicyclic amines) is 1. The summed E-state index contributed by atoms with van der Waals surface area (Å²) in [5.74, 6) is 0.302. The van der Waals surface area contributed by atoms with Gasteiger partial charge >= 0.3 is 6.03 Å². The molecule has 0 aliphatic carbocycles. The second kappa shape index (κ2) is 7.49. The Morgan fingerprint density at radius 3 is 2.79 bits per heavy atom. The third kappa shape index (κ3) is 3.76. The zero-order chi connectivity index (χ0) is 16.9. The van der Waals surface area contributed by atoms with Gasteiger partial charge in [0.05, 0.1) is 18.1 Å². The summed E-state index contributed by atoms with van der Waals surface area (Å²) in [4.78, 5) is 18.3. The maximum atomic E-state index is 12.4. The first-order valence-corrected chi connectivity index (χ1v) is 8.42. The van der Waals surface area contributed by atoms with E-state index in [0.717, 1.165) is 24.1 Å². The molecule has 1 aliphatic rings. The number of hydrogen-bond acceptors (Lipinski definition) is 3. The number of amides is 2. The average molecular weight is 328 g/mol. The number of aliphatic hydroxyl groups excluding tert-OH is 1. The molecule has 1 unspecified atom stereocenters. The van der Waals surface area contributed by atoms with Crippen LogP contribution in [-0.2, 0) is 6.54 Å². The summed E-state index contributed by atoms with van der Waals surface area (Å²) in [7, 11) is 0. The Morgan fingerprint density at radius 1 is 1.38 bits per heavy atom. The minimum atomic E-state index is -0.294. The molecule has 0 saturated carbocycles. The fourth-order valence-electron chi connectivity index (χ4n) is 3.18. The molecule has 6 heteroatoms. The van der Waals surface area contributed by atoms with E-state index in [1.54, 1.807) is 12.5 Å². The molecule has 3 rings (SSSR count). The second-order valence-electron chi connectivity index (χ2n) is 6.32. The van der Waals surface area contributed by atoms with Gasteiger partial charge in [-0.1, -0.05) is 18.2 Å². The SMILES string of the molecule is CC(O)C1CCN(C(=O)NCc2ccccc2-n2ccnc2)CC1. The number of nitrogens with zero attached hydrogens (tertiary/aromatic N) is 3. The Hall–Kier alpha value is -2.34. The Kier molecular flexibility index (Phi) is 5.15. The minimum absolute atomic E-state index is 0.0422. The van der Waals surface area contributed by atoms with E-state index in [2.05, 4.69) is 10.3 Å². The Bertz CT molecular complexity index is 661. The van der Waals surface area contributed by atoms with E-state index in [-0.39, 0.29) is 12.1 Å². The smallest absolute Gasteiger partial charge is 0.317 e. The van der Waals surface area contributed by atoms with Crippen molar-refractivity contribution in [1.82, 2.24) is 19.8 Å². The molecule has 2 amide bonds. The van der Waals surface area contributed by atoms with E-state index in [1.165, 1.54) is 0 Å². The molecule has 2 N–H and O–H groups in total. The van der Waals surface area contributed by atoms with Gasteiger partial charge in [0.2, 0.25) is 0 Å². The number of benzene rings is 1. The zero-order valence-corrected chi connectivity index (χ0v) is 13.9. The molecule has 1 aromatic carbocycles. The number of piperidine rings is 1. The summed E-state index contributed by atoms with van der Waals surface area (Å²) in [6.07, 6.45) is 6.80. The number of imidazole rings is 1. The van der Waals surface area contributed by atoms with Crippen molar-refractivity contribution in [3.8, 4) is 5.69 Å². The number of para-hydroxylation sites is 1. The number of aliphatic hydroxyl groups is 1. The van der Waals surface area contributed by atoms with Crippen molar-refractivity contribution in [2.75, 3.05) is 13.1 Å². The van der Waals surface area contributed by atoms with Crippen LogP contribution in [0, 0.1) is 5.92 Å². The first-order chi connectivity index (χ1) is 11.6. The number of carbonyl (C=O) groups excluding carboxylic acids is 1. The third-order valence-electron chi connectivity index (χ3n) is 4.71. The number of urea groups is 1. The van der Waals surface area contributed by atoms with Crippen LogP contribution in [0.15, 0.2) is 43.0 Å². The van der Waals surface area contributed by atoms with Crippen molar-refractivity contribution in [3.63, 3.8) is 0 Å². The molecule has 6 nitrogen and oxygen atoms in total. The fraction of sp³-hybridized carbons (Fsp3) is 0.444. The minimum Gasteiger partial charge on any atom is -0.393 e. The molecular formula is C18H24N4O2. The van der Waals surface area contributed by atoms with Gasteiger partial charge in [0, 0.05) is 32.0 Å². The first kappa shape index (κ1) is 16.5. The van der Waals surface area contributed by atoms with E-state index in [4.69, 9.17) is 0 Å². The molecule has 2 heterocycles. The van der Waals surface area contributed by atoms with Gasteiger partial charge in [-0.25, -0.2) is 9.78 Å². The molecular weight excluding hydrogens is 304 g/mol. The molecule has 128 valence electrons. The third-order valence-corrected chi connectivity index (χ3v) is 4.71. The van der Waals surface area contributed by atoms with Gasteiger partial charge in [0.1, 0.15) is 0 Å². The Labute approximate surface area is 142 Å². The topological polar surface area (TPSA) is 70.4 Å². The van der Waals surface area contributed by atoms with Gasteiger partial charge in [-0.15, -0.1) is 0 Å². The average Bonchev–Trinajstić information content (AvgIpc) is 3.14. The zero-order valence-electron chi connectivity index (χ0n) is 13.9.